The van der Waals surface area contributed by atoms with E-state index in [2.05, 4.69) is 183 Å². The van der Waals surface area contributed by atoms with Crippen LogP contribution in [0.25, 0.3) is 55.0 Å². The molecular formula is C56H66B3FN2O6. The monoisotopic (exact) mass is 916 g/mol. The van der Waals surface area contributed by atoms with Gasteiger partial charge >= 0.3 is 21.1 Å². The minimum absolute atomic E-state index is 0.348. The van der Waals surface area contributed by atoms with Crippen LogP contribution in [0.15, 0.2) is 146 Å². The van der Waals surface area contributed by atoms with Gasteiger partial charge in [0, 0.05) is 32.9 Å². The van der Waals surface area contributed by atoms with E-state index in [0.29, 0.717) is 0 Å². The fourth-order valence-electron chi connectivity index (χ4n) is 8.90. The van der Waals surface area contributed by atoms with Crippen LogP contribution < -0.4 is 5.46 Å². The summed E-state index contributed by atoms with van der Waals surface area (Å²) in [6, 6.07) is 51.4. The fraction of sp³-hybridized carbons (Fsp3) is 0.357. The summed E-state index contributed by atoms with van der Waals surface area (Å²) in [5.74, 6) is 0. The number of para-hydroxylation sites is 4. The van der Waals surface area contributed by atoms with Crippen LogP contribution in [0.3, 0.4) is 0 Å². The minimum atomic E-state index is -1.00. The molecule has 0 radical (unpaired) electrons. The van der Waals surface area contributed by atoms with Gasteiger partial charge in [0.2, 0.25) is 0 Å². The number of aryl methyl sites for hydroxylation is 1. The molecule has 0 unspecified atom stereocenters. The average molecular weight is 916 g/mol. The molecule has 5 heterocycles. The van der Waals surface area contributed by atoms with Crippen LogP contribution in [-0.2, 0) is 27.9 Å². The zero-order valence-corrected chi connectivity index (χ0v) is 42.0. The molecule has 0 atom stereocenters. The topological polar surface area (TPSA) is 65.2 Å². The third kappa shape index (κ3) is 8.96. The van der Waals surface area contributed by atoms with Crippen LogP contribution in [0.5, 0.6) is 0 Å². The molecule has 8 nitrogen and oxygen atoms in total. The lowest BCUT2D eigenvalue weighted by Gasteiger charge is -2.32. The lowest BCUT2D eigenvalue weighted by molar-refractivity contribution is 0.00578. The number of hydrogen-bond donors (Lipinski definition) is 0. The molecule has 6 aromatic carbocycles. The second kappa shape index (κ2) is 18.3. The third-order valence-electron chi connectivity index (χ3n) is 14.8. The van der Waals surface area contributed by atoms with E-state index >= 15 is 0 Å². The van der Waals surface area contributed by atoms with Crippen molar-refractivity contribution in [3.05, 3.63) is 151 Å². The second-order valence-corrected chi connectivity index (χ2v) is 21.0. The molecule has 0 bridgehead atoms. The van der Waals surface area contributed by atoms with E-state index in [1.165, 1.54) is 54.9 Å². The molecular weight excluding hydrogens is 848 g/mol. The molecule has 0 spiro atoms. The number of hydrogen-bond acceptors (Lipinski definition) is 6. The van der Waals surface area contributed by atoms with Crippen molar-refractivity contribution in [3.63, 3.8) is 0 Å². The van der Waals surface area contributed by atoms with Gasteiger partial charge in [0.25, 0.3) is 0 Å². The first-order valence-electron chi connectivity index (χ1n) is 24.3. The molecule has 0 N–H and O–H groups in total. The largest absolute Gasteiger partial charge is 0.494 e. The van der Waals surface area contributed by atoms with Gasteiger partial charge in [0.1, 0.15) is 0 Å². The maximum atomic E-state index is 9.96. The van der Waals surface area contributed by atoms with E-state index in [9.17, 15) is 4.39 Å². The molecule has 0 aliphatic carbocycles. The highest BCUT2D eigenvalue weighted by Crippen LogP contribution is 2.43. The van der Waals surface area contributed by atoms with Crippen molar-refractivity contribution in [2.45, 2.75) is 124 Å². The van der Waals surface area contributed by atoms with Gasteiger partial charge in [-0.15, -0.1) is 0 Å². The Balaban J connectivity index is 0.000000140. The van der Waals surface area contributed by atoms with E-state index in [-0.39, 0.29) is 40.7 Å². The second-order valence-electron chi connectivity index (χ2n) is 21.0. The number of nitrogens with zero attached hydrogens (tertiary/aromatic N) is 2. The minimum Gasteiger partial charge on any atom is -0.405 e. The SMILES string of the molecule is CC1(C)OB(B2OC(C)(C)C(C)(C)O2)OC1(C)C.CC1(C)OB(c2ccc3c4ccccc4n(-c4ccccc4)c3c2)OC1(C)C.Cc1ccc2c3ccccc3n(-c3ccccc3)c2c1.[2H]CF. The van der Waals surface area contributed by atoms with Gasteiger partial charge in [-0.05, 0) is 150 Å². The molecule has 3 aliphatic heterocycles. The summed E-state index contributed by atoms with van der Waals surface area (Å²) < 4.78 is 56.6. The average Bonchev–Trinajstić information content (AvgIpc) is 4.00. The quantitative estimate of drug-likeness (QED) is 0.164. The van der Waals surface area contributed by atoms with Crippen LogP contribution >= 0.6 is 0 Å². The summed E-state index contributed by atoms with van der Waals surface area (Å²) in [7, 11) is -2.32. The standard InChI is InChI=1S/C24H24BNO2.C19H15N.C12H24B2O4.CH3F/c1-23(2)24(3,4)28-25(27-23)17-14-15-20-19-12-8-9-13-21(19)26(22(20)16-17)18-10-6-5-7-11-18;1-14-11-12-17-16-9-5-6-10-18(16)20(19(17)13-14)15-7-3-2-4-8-15;1-9(2)10(3,4)16-13(15-9)14-17-11(5,6)12(7,8)18-14;1-2/h5-16H,1-4H3;2-13H,1H3;1-8H3;1H3/i;;;1D. The third-order valence-corrected chi connectivity index (χ3v) is 14.8. The summed E-state index contributed by atoms with van der Waals surface area (Å²) in [5.41, 5.74) is 7.47. The van der Waals surface area contributed by atoms with E-state index in [4.69, 9.17) is 29.3 Å². The van der Waals surface area contributed by atoms with E-state index in [1.54, 1.807) is 0 Å². The van der Waals surface area contributed by atoms with Crippen LogP contribution in [0.4, 0.5) is 4.39 Å². The maximum absolute atomic E-state index is 9.96. The molecule has 3 fully saturated rings. The van der Waals surface area contributed by atoms with Crippen molar-refractivity contribution < 1.29 is 33.7 Å². The summed E-state index contributed by atoms with van der Waals surface area (Å²) in [4.78, 5) is 0. The molecule has 3 saturated heterocycles. The highest BCUT2D eigenvalue weighted by atomic mass is 19.1. The molecule has 352 valence electrons. The van der Waals surface area contributed by atoms with E-state index in [0.717, 1.165) is 11.2 Å². The van der Waals surface area contributed by atoms with Crippen molar-refractivity contribution in [2.75, 3.05) is 7.15 Å². The smallest absolute Gasteiger partial charge is 0.405 e. The van der Waals surface area contributed by atoms with Crippen LogP contribution in [0.2, 0.25) is 0 Å². The Morgan fingerprint density at radius 1 is 0.397 bits per heavy atom. The predicted molar refractivity (Wildman–Crippen MR) is 281 cm³/mol. The predicted octanol–water partition coefficient (Wildman–Crippen LogP) is 13.0. The van der Waals surface area contributed by atoms with Crippen molar-refractivity contribution in [1.29, 1.82) is 0 Å². The number of halogens is 1. The first kappa shape index (κ1) is 47.9. The highest BCUT2D eigenvalue weighted by Gasteiger charge is 2.63. The van der Waals surface area contributed by atoms with Crippen LogP contribution in [0, 0.1) is 6.92 Å². The van der Waals surface area contributed by atoms with Crippen LogP contribution in [-0.4, -0.2) is 71.0 Å². The normalized spacial score (nSPS) is 19.6. The Morgan fingerprint density at radius 3 is 1.13 bits per heavy atom. The zero-order valence-electron chi connectivity index (χ0n) is 43.0. The molecule has 68 heavy (non-hydrogen) atoms. The molecule has 2 aromatic heterocycles. The number of fused-ring (bicyclic) bond motifs is 6. The van der Waals surface area contributed by atoms with Gasteiger partial charge in [-0.25, -0.2) is 0 Å². The Hall–Kier alpha value is -5.20. The van der Waals surface area contributed by atoms with Gasteiger partial charge < -0.3 is 37.1 Å². The summed E-state index contributed by atoms with van der Waals surface area (Å²) >= 11 is 0. The molecule has 3 aliphatic rings. The first-order chi connectivity index (χ1) is 32.5. The maximum Gasteiger partial charge on any atom is 0.494 e. The van der Waals surface area contributed by atoms with Gasteiger partial charge in [-0.1, -0.05) is 97.1 Å². The molecule has 0 saturated carbocycles. The Labute approximate surface area is 404 Å². The highest BCUT2D eigenvalue weighted by molar-refractivity contribution is 7.11. The summed E-state index contributed by atoms with van der Waals surface area (Å²) in [5, 5.41) is 5.11. The number of benzene rings is 6. The van der Waals surface area contributed by atoms with Crippen molar-refractivity contribution >= 4 is 70.2 Å². The zero-order chi connectivity index (χ0) is 49.7. The Kier molecular flexibility index (Phi) is 12.9. The number of aromatic nitrogens is 2. The Morgan fingerprint density at radius 2 is 0.721 bits per heavy atom. The number of alkyl halides is 1. The van der Waals surface area contributed by atoms with Gasteiger partial charge in [0.05, 0.1) is 64.2 Å². The lowest BCUT2D eigenvalue weighted by Crippen LogP contribution is -2.41. The van der Waals surface area contributed by atoms with Crippen LogP contribution in [0.1, 0.15) is 90.0 Å². The molecule has 11 rings (SSSR count). The van der Waals surface area contributed by atoms with Gasteiger partial charge in [-0.3, -0.25) is 4.39 Å². The van der Waals surface area contributed by atoms with Gasteiger partial charge in [0.15, 0.2) is 0 Å². The van der Waals surface area contributed by atoms with E-state index < -0.39 is 21.2 Å². The van der Waals surface area contributed by atoms with Crippen molar-refractivity contribution in [3.8, 4) is 11.4 Å². The Bertz CT molecular complexity index is 3000. The van der Waals surface area contributed by atoms with Gasteiger partial charge in [-0.2, -0.15) is 0 Å². The lowest BCUT2D eigenvalue weighted by atomic mass is 9.49. The number of rotatable bonds is 4. The first-order valence-corrected chi connectivity index (χ1v) is 23.6. The van der Waals surface area contributed by atoms with Crippen molar-refractivity contribution in [2.24, 2.45) is 0 Å². The molecule has 0 amide bonds. The summed E-state index contributed by atoms with van der Waals surface area (Å²) in [6.45, 7) is 26.7. The van der Waals surface area contributed by atoms with Crippen molar-refractivity contribution in [1.82, 2.24) is 9.13 Å². The molecule has 12 heteroatoms. The summed E-state index contributed by atoms with van der Waals surface area (Å²) in [6.07, 6.45) is 0. The fourth-order valence-corrected chi connectivity index (χ4v) is 8.90. The molecule has 8 aromatic rings. The van der Waals surface area contributed by atoms with E-state index in [1.807, 2.05) is 61.5 Å².